The maximum absolute atomic E-state index is 12.8. The van der Waals surface area contributed by atoms with Gasteiger partial charge in [-0.3, -0.25) is 4.79 Å². The average Bonchev–Trinajstić information content (AvgIpc) is 2.81. The summed E-state index contributed by atoms with van der Waals surface area (Å²) >= 11 is 0. The Balaban J connectivity index is 1.82. The van der Waals surface area contributed by atoms with Gasteiger partial charge in [0, 0.05) is 18.8 Å². The maximum Gasteiger partial charge on any atom is 0.273 e. The number of nitrogen functional groups attached to an aromatic ring is 1. The zero-order chi connectivity index (χ0) is 13.4. The van der Waals surface area contributed by atoms with Crippen LogP contribution < -0.4 is 5.73 Å². The van der Waals surface area contributed by atoms with Crippen molar-refractivity contribution in [2.45, 2.75) is 13.1 Å². The van der Waals surface area contributed by atoms with E-state index >= 15 is 0 Å². The summed E-state index contributed by atoms with van der Waals surface area (Å²) in [7, 11) is 0. The second-order valence-electron chi connectivity index (χ2n) is 4.55. The van der Waals surface area contributed by atoms with Gasteiger partial charge in [0.2, 0.25) is 0 Å². The lowest BCUT2D eigenvalue weighted by Gasteiger charge is -2.14. The van der Waals surface area contributed by atoms with E-state index < -0.39 is 5.82 Å². The molecule has 0 saturated carbocycles. The Morgan fingerprint density at radius 3 is 2.74 bits per heavy atom. The molecule has 1 aliphatic heterocycles. The van der Waals surface area contributed by atoms with Gasteiger partial charge in [-0.1, -0.05) is 6.07 Å². The molecule has 2 heterocycles. The number of carbonyl (C=O) groups excluding carboxylic acids is 1. The molecule has 0 atom stereocenters. The number of halogens is 1. The van der Waals surface area contributed by atoms with E-state index in [1.807, 2.05) is 18.2 Å². The largest absolute Gasteiger partial charge is 0.399 e. The molecule has 5 heteroatoms. The Morgan fingerprint density at radius 1 is 1.21 bits per heavy atom. The highest BCUT2D eigenvalue weighted by molar-refractivity contribution is 5.92. The molecule has 0 fully saturated rings. The SMILES string of the molecule is Nc1ccc2c(c1)CN(C(=O)c1ccc(F)cn1)C2. The summed E-state index contributed by atoms with van der Waals surface area (Å²) in [6, 6.07) is 8.26. The smallest absolute Gasteiger partial charge is 0.273 e. The molecule has 0 unspecified atom stereocenters. The van der Waals surface area contributed by atoms with Crippen LogP contribution in [-0.2, 0) is 13.1 Å². The topological polar surface area (TPSA) is 59.2 Å². The molecule has 0 spiro atoms. The third kappa shape index (κ3) is 2.14. The summed E-state index contributed by atoms with van der Waals surface area (Å²) in [6.07, 6.45) is 1.05. The van der Waals surface area contributed by atoms with Gasteiger partial charge in [0.1, 0.15) is 11.5 Å². The summed E-state index contributed by atoms with van der Waals surface area (Å²) in [6.45, 7) is 1.05. The van der Waals surface area contributed by atoms with Crippen LogP contribution in [0.5, 0.6) is 0 Å². The molecule has 0 aliphatic carbocycles. The number of hydrogen-bond acceptors (Lipinski definition) is 3. The standard InChI is InChI=1S/C14H12FN3O/c15-11-2-4-13(17-6-11)14(19)18-7-9-1-3-12(16)5-10(9)8-18/h1-6H,7-8,16H2. The number of nitrogens with two attached hydrogens (primary N) is 1. The van der Waals surface area contributed by atoms with Gasteiger partial charge in [-0.25, -0.2) is 9.37 Å². The highest BCUT2D eigenvalue weighted by atomic mass is 19.1. The van der Waals surface area contributed by atoms with E-state index in [9.17, 15) is 9.18 Å². The molecule has 2 N–H and O–H groups in total. The number of rotatable bonds is 1. The Bertz CT molecular complexity index is 640. The van der Waals surface area contributed by atoms with Crippen molar-refractivity contribution in [2.75, 3.05) is 5.73 Å². The number of fused-ring (bicyclic) bond motifs is 1. The van der Waals surface area contributed by atoms with E-state index in [4.69, 9.17) is 5.73 Å². The van der Waals surface area contributed by atoms with Crippen LogP contribution in [0, 0.1) is 5.82 Å². The van der Waals surface area contributed by atoms with E-state index in [-0.39, 0.29) is 11.6 Å². The minimum absolute atomic E-state index is 0.199. The van der Waals surface area contributed by atoms with E-state index in [0.29, 0.717) is 18.8 Å². The Kier molecular flexibility index (Phi) is 2.67. The predicted molar refractivity (Wildman–Crippen MR) is 68.6 cm³/mol. The Morgan fingerprint density at radius 2 is 2.00 bits per heavy atom. The van der Waals surface area contributed by atoms with E-state index in [0.717, 1.165) is 17.3 Å². The first kappa shape index (κ1) is 11.6. The lowest BCUT2D eigenvalue weighted by atomic mass is 10.1. The van der Waals surface area contributed by atoms with Gasteiger partial charge in [0.05, 0.1) is 6.20 Å². The first-order valence-electron chi connectivity index (χ1n) is 5.91. The number of aromatic nitrogens is 1. The van der Waals surface area contributed by atoms with Crippen LogP contribution in [0.1, 0.15) is 21.6 Å². The molecule has 0 radical (unpaired) electrons. The molecule has 19 heavy (non-hydrogen) atoms. The van der Waals surface area contributed by atoms with Crippen molar-refractivity contribution in [3.63, 3.8) is 0 Å². The molecule has 1 aliphatic rings. The molecule has 1 aromatic carbocycles. The monoisotopic (exact) mass is 257 g/mol. The van der Waals surface area contributed by atoms with Crippen LogP contribution in [0.25, 0.3) is 0 Å². The quantitative estimate of drug-likeness (QED) is 0.794. The molecule has 4 nitrogen and oxygen atoms in total. The van der Waals surface area contributed by atoms with Crippen LogP contribution in [0.15, 0.2) is 36.5 Å². The molecule has 1 aromatic heterocycles. The third-order valence-electron chi connectivity index (χ3n) is 3.19. The van der Waals surface area contributed by atoms with Gasteiger partial charge >= 0.3 is 0 Å². The lowest BCUT2D eigenvalue weighted by molar-refractivity contribution is 0.0745. The molecular weight excluding hydrogens is 245 g/mol. The van der Waals surface area contributed by atoms with Crippen molar-refractivity contribution in [1.82, 2.24) is 9.88 Å². The van der Waals surface area contributed by atoms with Crippen LogP contribution in [0.4, 0.5) is 10.1 Å². The van der Waals surface area contributed by atoms with Crippen LogP contribution in [-0.4, -0.2) is 15.8 Å². The first-order chi connectivity index (χ1) is 9.13. The predicted octanol–water partition coefficient (Wildman–Crippen LogP) is 1.96. The average molecular weight is 257 g/mol. The van der Waals surface area contributed by atoms with Gasteiger partial charge < -0.3 is 10.6 Å². The zero-order valence-electron chi connectivity index (χ0n) is 10.1. The summed E-state index contributed by atoms with van der Waals surface area (Å²) in [5.74, 6) is -0.649. The number of pyridine rings is 1. The summed E-state index contributed by atoms with van der Waals surface area (Å²) in [5, 5.41) is 0. The molecular formula is C14H12FN3O. The number of carbonyl (C=O) groups is 1. The second-order valence-corrected chi connectivity index (χ2v) is 4.55. The number of hydrogen-bond donors (Lipinski definition) is 1. The highest BCUT2D eigenvalue weighted by Gasteiger charge is 2.24. The second kappa shape index (κ2) is 4.35. The molecule has 3 rings (SSSR count). The van der Waals surface area contributed by atoms with Gasteiger partial charge in [-0.2, -0.15) is 0 Å². The van der Waals surface area contributed by atoms with Crippen molar-refractivity contribution in [3.05, 3.63) is 59.2 Å². The van der Waals surface area contributed by atoms with Crippen molar-refractivity contribution in [3.8, 4) is 0 Å². The fourth-order valence-corrected chi connectivity index (χ4v) is 2.22. The molecule has 96 valence electrons. The third-order valence-corrected chi connectivity index (χ3v) is 3.19. The number of nitrogens with zero attached hydrogens (tertiary/aromatic N) is 2. The van der Waals surface area contributed by atoms with Gasteiger partial charge in [-0.15, -0.1) is 0 Å². The molecule has 0 bridgehead atoms. The Hall–Kier alpha value is -2.43. The van der Waals surface area contributed by atoms with Crippen LogP contribution in [0.2, 0.25) is 0 Å². The molecule has 0 saturated heterocycles. The van der Waals surface area contributed by atoms with Crippen molar-refractivity contribution in [2.24, 2.45) is 0 Å². The fraction of sp³-hybridized carbons (Fsp3) is 0.143. The summed E-state index contributed by atoms with van der Waals surface area (Å²) in [5.41, 5.74) is 8.80. The summed E-state index contributed by atoms with van der Waals surface area (Å²) in [4.78, 5) is 17.7. The number of anilines is 1. The van der Waals surface area contributed by atoms with Crippen molar-refractivity contribution >= 4 is 11.6 Å². The molecule has 2 aromatic rings. The normalized spacial score (nSPS) is 13.4. The number of benzene rings is 1. The first-order valence-corrected chi connectivity index (χ1v) is 5.91. The fourth-order valence-electron chi connectivity index (χ4n) is 2.22. The van der Waals surface area contributed by atoms with E-state index in [1.165, 1.54) is 12.1 Å². The van der Waals surface area contributed by atoms with Crippen LogP contribution in [0.3, 0.4) is 0 Å². The van der Waals surface area contributed by atoms with Gasteiger partial charge in [-0.05, 0) is 35.4 Å². The minimum Gasteiger partial charge on any atom is -0.399 e. The zero-order valence-corrected chi connectivity index (χ0v) is 10.1. The van der Waals surface area contributed by atoms with E-state index in [1.54, 1.807) is 4.90 Å². The summed E-state index contributed by atoms with van der Waals surface area (Å²) < 4.78 is 12.8. The van der Waals surface area contributed by atoms with Gasteiger partial charge in [0.25, 0.3) is 5.91 Å². The highest BCUT2D eigenvalue weighted by Crippen LogP contribution is 2.25. The van der Waals surface area contributed by atoms with Gasteiger partial charge in [0.15, 0.2) is 0 Å². The van der Waals surface area contributed by atoms with Crippen molar-refractivity contribution < 1.29 is 9.18 Å². The molecule has 1 amide bonds. The minimum atomic E-state index is -0.450. The maximum atomic E-state index is 12.8. The van der Waals surface area contributed by atoms with Crippen LogP contribution >= 0.6 is 0 Å². The number of amides is 1. The van der Waals surface area contributed by atoms with E-state index in [2.05, 4.69) is 4.98 Å². The van der Waals surface area contributed by atoms with Crippen molar-refractivity contribution in [1.29, 1.82) is 0 Å². The lowest BCUT2D eigenvalue weighted by Crippen LogP contribution is -2.26. The Labute approximate surface area is 109 Å².